The summed E-state index contributed by atoms with van der Waals surface area (Å²) in [6, 6.07) is 4.91. The Bertz CT molecular complexity index is 3620. The topological polar surface area (TPSA) is 374 Å². The number of unbranched alkanes of at least 4 members (excludes halogenated alkanes) is 2. The first-order valence-corrected chi connectivity index (χ1v) is 45.4. The van der Waals surface area contributed by atoms with Crippen molar-refractivity contribution >= 4 is 46.8 Å². The molecule has 0 bridgehead atoms. The molecule has 3 aromatic rings. The molecule has 123 heavy (non-hydrogen) atoms. The van der Waals surface area contributed by atoms with Crippen LogP contribution in [0.1, 0.15) is 225 Å². The SMILES string of the molecule is CC[C@@H]1C[C@@H](OC(=O)CCCCC[C@H](NC(=O)CCOCCOCCOCCOCCOCCOCCOCCOCCOCCOCCOCCOCCNC(=O)Cn2cc(C(=O)N3CCN(C(=O)c4c[nH]c(/C(=C\C(=N)c5ccc(F)cc5)C(C)(C)C)n4)C(C)(C)C3)nn2)C(=O)NN)CC[C@]1(C)C1CC[C@]2(C)[C@@H]([C@H](C)CCCC(C)C)CC[C@H]2[C@@H]1C. The Balaban J connectivity index is 0.562. The Morgan fingerprint density at radius 3 is 1.70 bits per heavy atom. The van der Waals surface area contributed by atoms with Crippen molar-refractivity contribution in [2.45, 2.75) is 216 Å². The number of piperazine rings is 1. The number of nitrogens with one attached hydrogen (secondary N) is 5. The van der Waals surface area contributed by atoms with Crippen molar-refractivity contribution in [2.24, 2.45) is 63.5 Å². The van der Waals surface area contributed by atoms with Gasteiger partial charge in [0.1, 0.15) is 36.0 Å². The van der Waals surface area contributed by atoms with E-state index in [2.05, 4.69) is 84.8 Å². The smallest absolute Gasteiger partial charge is 0.306 e. The van der Waals surface area contributed by atoms with E-state index in [-0.39, 0.29) is 111 Å². The third-order valence-electron chi connectivity index (χ3n) is 25.1. The van der Waals surface area contributed by atoms with Crippen LogP contribution in [-0.2, 0) is 87.3 Å². The molecule has 32 heteroatoms. The molecule has 0 radical (unpaired) electrons. The monoisotopic (exact) mass is 1740 g/mol. The lowest BCUT2D eigenvalue weighted by atomic mass is 9.48. The van der Waals surface area contributed by atoms with Crippen LogP contribution in [0, 0.1) is 68.9 Å². The zero-order valence-electron chi connectivity index (χ0n) is 76.2. The fourth-order valence-electron chi connectivity index (χ4n) is 18.4. The van der Waals surface area contributed by atoms with Gasteiger partial charge in [-0.15, -0.1) is 5.10 Å². The van der Waals surface area contributed by atoms with Crippen LogP contribution in [0.5, 0.6) is 0 Å². The van der Waals surface area contributed by atoms with Gasteiger partial charge in [-0.1, -0.05) is 113 Å². The number of fused-ring (bicyclic) bond motifs is 1. The third kappa shape index (κ3) is 35.4. The highest BCUT2D eigenvalue weighted by atomic mass is 19.1. The molecule has 3 saturated carbocycles. The highest BCUT2D eigenvalue weighted by Crippen LogP contribution is 2.65. The Kier molecular flexibility index (Phi) is 46.2. The fraction of sp³-hybridized carbons (Fsp3) is 0.780. The van der Waals surface area contributed by atoms with Crippen molar-refractivity contribution in [3.05, 3.63) is 71.3 Å². The van der Waals surface area contributed by atoms with E-state index < -0.39 is 28.7 Å². The van der Waals surface area contributed by atoms with Crippen molar-refractivity contribution in [2.75, 3.05) is 185 Å². The lowest BCUT2D eigenvalue weighted by Gasteiger charge is -2.57. The first kappa shape index (κ1) is 103. The molecule has 1 aliphatic heterocycles. The maximum absolute atomic E-state index is 13.9. The number of H-pyrrole nitrogens is 1. The lowest BCUT2D eigenvalue weighted by Crippen LogP contribution is -2.62. The number of amides is 5. The van der Waals surface area contributed by atoms with Crippen LogP contribution in [-0.4, -0.2) is 278 Å². The van der Waals surface area contributed by atoms with Gasteiger partial charge in [-0.25, -0.2) is 19.9 Å². The van der Waals surface area contributed by atoms with E-state index in [1.165, 1.54) is 68.0 Å². The molecule has 4 fully saturated rings. The number of carbonyl (C=O) groups is 6. The van der Waals surface area contributed by atoms with Gasteiger partial charge in [0.2, 0.25) is 11.8 Å². The summed E-state index contributed by atoms with van der Waals surface area (Å²) in [4.78, 5) is 89.8. The number of aromatic nitrogens is 5. The molecular weight excluding hydrogens is 1580 g/mol. The molecule has 696 valence electrons. The van der Waals surface area contributed by atoms with Crippen LogP contribution < -0.4 is 21.9 Å². The first-order valence-electron chi connectivity index (χ1n) is 45.4. The molecule has 1 aromatic carbocycles. The highest BCUT2D eigenvalue weighted by molar-refractivity contribution is 6.10. The largest absolute Gasteiger partial charge is 0.462 e. The molecule has 4 aliphatic rings. The van der Waals surface area contributed by atoms with Gasteiger partial charge in [0.05, 0.1) is 176 Å². The number of aromatic amines is 1. The predicted octanol–water partition coefficient (Wildman–Crippen LogP) is 10.8. The van der Waals surface area contributed by atoms with Crippen molar-refractivity contribution in [3.8, 4) is 0 Å². The molecule has 2 aromatic heterocycles. The van der Waals surface area contributed by atoms with Crippen LogP contribution in [0.25, 0.3) is 5.57 Å². The maximum atomic E-state index is 13.9. The zero-order valence-corrected chi connectivity index (χ0v) is 76.2. The average molecular weight is 1740 g/mol. The summed E-state index contributed by atoms with van der Waals surface area (Å²) in [5.41, 5.74) is 3.33. The normalized spacial score (nSPS) is 21.6. The van der Waals surface area contributed by atoms with E-state index in [9.17, 15) is 33.2 Å². The van der Waals surface area contributed by atoms with Crippen molar-refractivity contribution < 1.29 is 94.7 Å². The second-order valence-electron chi connectivity index (χ2n) is 35.9. The average Bonchev–Trinajstić information content (AvgIpc) is 1.62. The number of esters is 1. The Morgan fingerprint density at radius 1 is 0.634 bits per heavy atom. The molecule has 1 unspecified atom stereocenters. The number of benzene rings is 1. The van der Waals surface area contributed by atoms with E-state index in [0.29, 0.717) is 212 Å². The summed E-state index contributed by atoms with van der Waals surface area (Å²) < 4.78 is 87.8. The van der Waals surface area contributed by atoms with Crippen molar-refractivity contribution in [1.82, 2.24) is 50.8 Å². The van der Waals surface area contributed by atoms with Crippen LogP contribution in [0.3, 0.4) is 0 Å². The number of hydrazine groups is 1. The first-order chi connectivity index (χ1) is 59.1. The number of rotatable bonds is 62. The summed E-state index contributed by atoms with van der Waals surface area (Å²) in [5, 5.41) is 22.2. The summed E-state index contributed by atoms with van der Waals surface area (Å²) in [5.74, 6) is 8.79. The van der Waals surface area contributed by atoms with Gasteiger partial charge in [0.25, 0.3) is 17.7 Å². The standard InChI is InChI=1S/C91H151FN12O19/c1-13-70-60-72(28-31-90(70,11)75-29-32-91(12)73(26-27-74(91)68(75)5)67(4)19-17-18-66(2)3)123-83(107)21-16-14-15-20-78(85(108)99-94)97-81(105)30-36-111-38-40-113-42-44-115-46-48-117-50-52-119-54-56-121-58-59-122-57-55-120-53-51-118-49-47-116-45-43-114-41-39-112-37-33-95-82(106)64-103-63-80(100-101-103)86(109)102-34-35-104(89(9,10)65-102)87(110)79-62-96-84(98-79)76(88(6,7)8)61-77(93)69-22-24-71(92)25-23-69/h22-25,61-63,66-68,70,72-75,78,93H,13-21,26-60,64-65,94H2,1-12H3,(H,95,106)(H,96,98)(H,97,105)(H,99,108)/b76-61+,93-77?/t67-,68+,70-,72+,73-,74+,75?,78+,90+,91-/m1/s1. The third-order valence-corrected chi connectivity index (χ3v) is 25.1. The van der Waals surface area contributed by atoms with Gasteiger partial charge < -0.3 is 92.4 Å². The second kappa shape index (κ2) is 55.1. The minimum absolute atomic E-state index is 0.0317. The quantitative estimate of drug-likeness (QED) is 0.00763. The van der Waals surface area contributed by atoms with E-state index in [1.54, 1.807) is 34.2 Å². The molecule has 1 saturated heterocycles. The fourth-order valence-corrected chi connectivity index (χ4v) is 18.4. The minimum atomic E-state index is -0.784. The van der Waals surface area contributed by atoms with Gasteiger partial charge in [0, 0.05) is 50.8 Å². The predicted molar refractivity (Wildman–Crippen MR) is 465 cm³/mol. The highest BCUT2D eigenvalue weighted by Gasteiger charge is 2.58. The van der Waals surface area contributed by atoms with Gasteiger partial charge in [-0.05, 0) is 165 Å². The molecule has 31 nitrogen and oxygen atoms in total. The number of hydrogen-bond acceptors (Lipinski definition) is 24. The molecule has 3 heterocycles. The second-order valence-corrected chi connectivity index (χ2v) is 35.9. The zero-order chi connectivity index (χ0) is 89.1. The number of nitrogens with two attached hydrogens (primary N) is 1. The number of allylic oxidation sites excluding steroid dienone is 2. The van der Waals surface area contributed by atoms with Crippen LogP contribution >= 0.6 is 0 Å². The molecule has 0 spiro atoms. The van der Waals surface area contributed by atoms with Crippen LogP contribution in [0.15, 0.2) is 42.7 Å². The van der Waals surface area contributed by atoms with Crippen LogP contribution in [0.4, 0.5) is 4.39 Å². The summed E-state index contributed by atoms with van der Waals surface area (Å²) >= 11 is 0. The minimum Gasteiger partial charge on any atom is -0.462 e. The number of imidazole rings is 1. The van der Waals surface area contributed by atoms with Gasteiger partial charge in [0.15, 0.2) is 5.69 Å². The van der Waals surface area contributed by atoms with E-state index >= 15 is 0 Å². The molecule has 10 atom stereocenters. The van der Waals surface area contributed by atoms with Gasteiger partial charge in [-0.2, -0.15) is 0 Å². The van der Waals surface area contributed by atoms with Gasteiger partial charge in [-0.3, -0.25) is 34.2 Å². The van der Waals surface area contributed by atoms with E-state index in [1.807, 2.05) is 34.6 Å². The molecule has 7 rings (SSSR count). The summed E-state index contributed by atoms with van der Waals surface area (Å²) in [6.07, 6.45) is 21.1. The van der Waals surface area contributed by atoms with E-state index in [0.717, 1.165) is 55.3 Å². The maximum Gasteiger partial charge on any atom is 0.306 e. The number of hydrogen-bond donors (Lipinski definition) is 6. The molecular formula is C91H151FN12O19. The van der Waals surface area contributed by atoms with Crippen molar-refractivity contribution in [1.29, 1.82) is 5.41 Å². The van der Waals surface area contributed by atoms with Gasteiger partial charge >= 0.3 is 5.97 Å². The number of ether oxygens (including phenoxy) is 13. The van der Waals surface area contributed by atoms with Crippen molar-refractivity contribution in [3.63, 3.8) is 0 Å². The number of carbonyl (C=O) groups excluding carboxylic acids is 6. The summed E-state index contributed by atoms with van der Waals surface area (Å²) in [6.45, 7) is 37.2. The lowest BCUT2D eigenvalue weighted by molar-refractivity contribution is -0.157. The molecule has 3 aliphatic carbocycles. The molecule has 5 amide bonds. The van der Waals surface area contributed by atoms with Crippen LogP contribution in [0.2, 0.25) is 0 Å². The Morgan fingerprint density at radius 2 is 1.17 bits per heavy atom. The molecule has 7 N–H and O–H groups in total. The Hall–Kier alpha value is -6.79. The Labute approximate surface area is 730 Å². The number of nitrogens with zero attached hydrogens (tertiary/aromatic N) is 6. The summed E-state index contributed by atoms with van der Waals surface area (Å²) in [7, 11) is 0. The van der Waals surface area contributed by atoms with E-state index in [4.69, 9.17) is 72.8 Å². The number of halogens is 1.